The predicted octanol–water partition coefficient (Wildman–Crippen LogP) is 9.08. The van der Waals surface area contributed by atoms with Gasteiger partial charge in [-0.1, -0.05) is 47.9 Å². The highest BCUT2D eigenvalue weighted by molar-refractivity contribution is 5.90. The minimum Gasteiger partial charge on any atom is -0.497 e. The van der Waals surface area contributed by atoms with Crippen LogP contribution in [0.15, 0.2) is 133 Å². The second-order valence-electron chi connectivity index (χ2n) is 11.7. The molecule has 0 aliphatic carbocycles. The van der Waals surface area contributed by atoms with Crippen molar-refractivity contribution in [3.05, 3.63) is 167 Å². The van der Waals surface area contributed by atoms with Crippen molar-refractivity contribution >= 4 is 11.9 Å². The SMILES string of the molecule is COC(=O)c1ccc(C#Cc2cc(-c3ccc(OC)cc3)cc(-c3cc(C#Cc4ccc(C(=O)OC)cc4)cc(-c4ccc(OC)cc4)c3)c2)cc1. The molecule has 6 aromatic rings. The van der Waals surface area contributed by atoms with Gasteiger partial charge >= 0.3 is 11.9 Å². The first-order valence-corrected chi connectivity index (χ1v) is 16.4. The molecule has 0 radical (unpaired) electrons. The fourth-order valence-corrected chi connectivity index (χ4v) is 5.54. The van der Waals surface area contributed by atoms with Crippen molar-refractivity contribution in [1.82, 2.24) is 0 Å². The Kier molecular flexibility index (Phi) is 10.8. The summed E-state index contributed by atoms with van der Waals surface area (Å²) in [5, 5.41) is 0. The lowest BCUT2D eigenvalue weighted by Crippen LogP contribution is -2.00. The topological polar surface area (TPSA) is 71.1 Å². The van der Waals surface area contributed by atoms with Crippen molar-refractivity contribution < 1.29 is 28.5 Å². The zero-order valence-electron chi connectivity index (χ0n) is 29.2. The van der Waals surface area contributed by atoms with Gasteiger partial charge in [0, 0.05) is 22.3 Å². The lowest BCUT2D eigenvalue weighted by Gasteiger charge is -2.12. The van der Waals surface area contributed by atoms with Gasteiger partial charge < -0.3 is 18.9 Å². The minimum atomic E-state index is -0.395. The first-order valence-electron chi connectivity index (χ1n) is 16.4. The van der Waals surface area contributed by atoms with Crippen molar-refractivity contribution in [3.63, 3.8) is 0 Å². The number of esters is 2. The van der Waals surface area contributed by atoms with Gasteiger partial charge in [0.15, 0.2) is 0 Å². The van der Waals surface area contributed by atoms with Gasteiger partial charge in [-0.3, -0.25) is 0 Å². The smallest absolute Gasteiger partial charge is 0.337 e. The zero-order chi connectivity index (χ0) is 36.5. The first kappa shape index (κ1) is 34.8. The molecule has 52 heavy (non-hydrogen) atoms. The van der Waals surface area contributed by atoms with Crippen molar-refractivity contribution in [2.75, 3.05) is 28.4 Å². The maximum absolute atomic E-state index is 11.9. The monoisotopic (exact) mass is 682 g/mol. The Labute approximate surface area is 303 Å². The van der Waals surface area contributed by atoms with Crippen LogP contribution in [-0.4, -0.2) is 40.4 Å². The van der Waals surface area contributed by atoms with Crippen LogP contribution in [0.1, 0.15) is 43.0 Å². The van der Waals surface area contributed by atoms with E-state index in [4.69, 9.17) is 18.9 Å². The molecular weight excluding hydrogens is 649 g/mol. The number of hydrogen-bond donors (Lipinski definition) is 0. The maximum Gasteiger partial charge on any atom is 0.337 e. The molecule has 0 aromatic heterocycles. The van der Waals surface area contributed by atoms with E-state index in [1.807, 2.05) is 48.5 Å². The van der Waals surface area contributed by atoms with E-state index in [0.717, 1.165) is 67.1 Å². The van der Waals surface area contributed by atoms with Crippen LogP contribution in [0, 0.1) is 23.7 Å². The normalized spacial score (nSPS) is 10.2. The van der Waals surface area contributed by atoms with Gasteiger partial charge in [-0.05, 0) is 143 Å². The first-order chi connectivity index (χ1) is 25.3. The van der Waals surface area contributed by atoms with E-state index in [2.05, 4.69) is 60.1 Å². The third-order valence-corrected chi connectivity index (χ3v) is 8.36. The second kappa shape index (κ2) is 16.1. The van der Waals surface area contributed by atoms with Crippen molar-refractivity contribution in [3.8, 4) is 68.6 Å². The van der Waals surface area contributed by atoms with E-state index in [1.54, 1.807) is 62.8 Å². The average Bonchev–Trinajstić information content (AvgIpc) is 3.21. The summed E-state index contributed by atoms with van der Waals surface area (Å²) >= 11 is 0. The molecule has 0 bridgehead atoms. The molecule has 0 fully saturated rings. The van der Waals surface area contributed by atoms with Crippen LogP contribution < -0.4 is 9.47 Å². The van der Waals surface area contributed by atoms with Crippen LogP contribution in [0.25, 0.3) is 33.4 Å². The van der Waals surface area contributed by atoms with E-state index in [0.29, 0.717) is 11.1 Å². The Morgan fingerprint density at radius 3 is 0.981 bits per heavy atom. The molecule has 0 amide bonds. The summed E-state index contributed by atoms with van der Waals surface area (Å²) in [4.78, 5) is 23.8. The Hall–Kier alpha value is -7.02. The van der Waals surface area contributed by atoms with Gasteiger partial charge in [-0.25, -0.2) is 9.59 Å². The van der Waals surface area contributed by atoms with Gasteiger partial charge in [0.1, 0.15) is 11.5 Å². The number of methoxy groups -OCH3 is 4. The van der Waals surface area contributed by atoms with Crippen LogP contribution in [0.4, 0.5) is 0 Å². The van der Waals surface area contributed by atoms with Crippen molar-refractivity contribution in [2.45, 2.75) is 0 Å². The Bertz CT molecular complexity index is 2180. The van der Waals surface area contributed by atoms with Crippen LogP contribution in [-0.2, 0) is 9.47 Å². The molecule has 6 heteroatoms. The maximum atomic E-state index is 11.9. The number of carbonyl (C=O) groups excluding carboxylic acids is 2. The lowest BCUT2D eigenvalue weighted by molar-refractivity contribution is 0.0592. The third kappa shape index (κ3) is 8.40. The summed E-state index contributed by atoms with van der Waals surface area (Å²) in [5.74, 6) is 13.9. The number of hydrogen-bond acceptors (Lipinski definition) is 6. The summed E-state index contributed by atoms with van der Waals surface area (Å²) in [7, 11) is 6.01. The fraction of sp³-hybridized carbons (Fsp3) is 0.0870. The number of carbonyl (C=O) groups is 2. The molecule has 254 valence electrons. The summed E-state index contributed by atoms with van der Waals surface area (Å²) < 4.78 is 20.5. The molecule has 0 aliphatic heterocycles. The van der Waals surface area contributed by atoms with E-state index in [1.165, 1.54) is 14.2 Å². The molecule has 0 saturated heterocycles. The lowest BCUT2D eigenvalue weighted by atomic mass is 9.92. The van der Waals surface area contributed by atoms with Gasteiger partial charge in [-0.15, -0.1) is 0 Å². The van der Waals surface area contributed by atoms with Gasteiger partial charge in [0.05, 0.1) is 39.6 Å². The summed E-state index contributed by atoms with van der Waals surface area (Å²) in [5.41, 5.74) is 9.99. The molecule has 0 atom stereocenters. The Morgan fingerprint density at radius 1 is 0.365 bits per heavy atom. The third-order valence-electron chi connectivity index (χ3n) is 8.36. The Morgan fingerprint density at radius 2 is 0.673 bits per heavy atom. The highest BCUT2D eigenvalue weighted by Gasteiger charge is 2.10. The number of rotatable bonds is 7. The van der Waals surface area contributed by atoms with Gasteiger partial charge in [0.2, 0.25) is 0 Å². The predicted molar refractivity (Wildman–Crippen MR) is 203 cm³/mol. The summed E-state index contributed by atoms with van der Waals surface area (Å²) in [6.45, 7) is 0. The van der Waals surface area contributed by atoms with E-state index in [-0.39, 0.29) is 0 Å². The quantitative estimate of drug-likeness (QED) is 0.124. The van der Waals surface area contributed by atoms with Crippen LogP contribution in [0.5, 0.6) is 11.5 Å². The summed E-state index contributed by atoms with van der Waals surface area (Å²) in [6, 6.07) is 42.4. The standard InChI is InChI=1S/C46H34O6/c1-49-43-21-17-35(18-22-43)39-25-33(7-5-31-9-13-37(14-10-31)45(47)51-3)27-41(29-39)42-28-34(8-6-32-11-15-38(16-12-32)46(48)52-4)26-40(30-42)36-19-23-44(50-2)24-20-36/h9-30H,1-4H3. The molecule has 0 spiro atoms. The largest absolute Gasteiger partial charge is 0.497 e. The van der Waals surface area contributed by atoms with Crippen LogP contribution >= 0.6 is 0 Å². The van der Waals surface area contributed by atoms with Crippen molar-refractivity contribution in [2.24, 2.45) is 0 Å². The molecule has 6 rings (SSSR count). The number of benzene rings is 6. The van der Waals surface area contributed by atoms with Gasteiger partial charge in [-0.2, -0.15) is 0 Å². The Balaban J connectivity index is 1.46. The molecule has 0 unspecified atom stereocenters. The van der Waals surface area contributed by atoms with E-state index >= 15 is 0 Å². The average molecular weight is 683 g/mol. The minimum absolute atomic E-state index is 0.395. The van der Waals surface area contributed by atoms with Crippen molar-refractivity contribution in [1.29, 1.82) is 0 Å². The van der Waals surface area contributed by atoms with Crippen LogP contribution in [0.3, 0.4) is 0 Å². The molecule has 6 nitrogen and oxygen atoms in total. The zero-order valence-corrected chi connectivity index (χ0v) is 29.2. The second-order valence-corrected chi connectivity index (χ2v) is 11.7. The van der Waals surface area contributed by atoms with E-state index in [9.17, 15) is 9.59 Å². The molecule has 6 aromatic carbocycles. The van der Waals surface area contributed by atoms with E-state index < -0.39 is 11.9 Å². The number of ether oxygens (including phenoxy) is 4. The molecule has 0 heterocycles. The van der Waals surface area contributed by atoms with Crippen LogP contribution in [0.2, 0.25) is 0 Å². The molecule has 0 N–H and O–H groups in total. The summed E-state index contributed by atoms with van der Waals surface area (Å²) in [6.07, 6.45) is 0. The highest BCUT2D eigenvalue weighted by atomic mass is 16.5. The molecule has 0 aliphatic rings. The highest BCUT2D eigenvalue weighted by Crippen LogP contribution is 2.33. The molecule has 0 saturated carbocycles. The fourth-order valence-electron chi connectivity index (χ4n) is 5.54. The van der Waals surface area contributed by atoms with Gasteiger partial charge in [0.25, 0.3) is 0 Å². The molecular formula is C46H34O6.